The van der Waals surface area contributed by atoms with Crippen LogP contribution in [0.4, 0.5) is 0 Å². The Hall–Kier alpha value is -2.37. The first-order valence-corrected chi connectivity index (χ1v) is 7.90. The molecule has 124 valence electrons. The van der Waals surface area contributed by atoms with E-state index < -0.39 is 0 Å². The van der Waals surface area contributed by atoms with E-state index in [1.54, 1.807) is 31.3 Å². The lowest BCUT2D eigenvalue weighted by Gasteiger charge is -2.13. The van der Waals surface area contributed by atoms with Crippen LogP contribution in [0.3, 0.4) is 0 Å². The lowest BCUT2D eigenvalue weighted by molar-refractivity contribution is -0.121. The van der Waals surface area contributed by atoms with Crippen LogP contribution >= 0.6 is 0 Å². The Kier molecular flexibility index (Phi) is 5.36. The molecule has 23 heavy (non-hydrogen) atoms. The van der Waals surface area contributed by atoms with E-state index >= 15 is 0 Å². The van der Waals surface area contributed by atoms with E-state index in [4.69, 9.17) is 0 Å². The highest BCUT2D eigenvalue weighted by atomic mass is 16.2. The van der Waals surface area contributed by atoms with Gasteiger partial charge in [-0.3, -0.25) is 19.1 Å². The zero-order chi connectivity index (χ0) is 17.0. The minimum absolute atomic E-state index is 0.0137. The Morgan fingerprint density at radius 1 is 1.09 bits per heavy atom. The van der Waals surface area contributed by atoms with Crippen LogP contribution < -0.4 is 16.4 Å². The van der Waals surface area contributed by atoms with E-state index in [1.807, 2.05) is 13.8 Å². The van der Waals surface area contributed by atoms with Crippen molar-refractivity contribution in [2.45, 2.75) is 45.7 Å². The molecule has 6 nitrogen and oxygen atoms in total. The van der Waals surface area contributed by atoms with Crippen molar-refractivity contribution in [1.29, 1.82) is 0 Å². The minimum atomic E-state index is -0.183. The molecule has 1 amide bonds. The highest BCUT2D eigenvalue weighted by Crippen LogP contribution is 2.04. The van der Waals surface area contributed by atoms with Crippen molar-refractivity contribution in [3.63, 3.8) is 0 Å². The largest absolute Gasteiger partial charge is 0.354 e. The fourth-order valence-corrected chi connectivity index (χ4v) is 2.61. The average Bonchev–Trinajstić information content (AvgIpc) is 2.51. The van der Waals surface area contributed by atoms with Crippen molar-refractivity contribution in [1.82, 2.24) is 14.7 Å². The molecule has 1 aromatic carbocycles. The SMILES string of the molecule is CC(C)NC(=O)CCCCn1c(=O)c2ccccc2c(=O)n1C. The van der Waals surface area contributed by atoms with Gasteiger partial charge in [0, 0.05) is 26.1 Å². The Balaban J connectivity index is 2.11. The molecule has 0 aliphatic rings. The highest BCUT2D eigenvalue weighted by molar-refractivity contribution is 5.80. The number of carbonyl (C=O) groups excluding carboxylic acids is 1. The van der Waals surface area contributed by atoms with E-state index in [2.05, 4.69) is 5.32 Å². The van der Waals surface area contributed by atoms with Crippen molar-refractivity contribution in [2.24, 2.45) is 7.05 Å². The second kappa shape index (κ2) is 7.26. The number of rotatable bonds is 6. The smallest absolute Gasteiger partial charge is 0.273 e. The Morgan fingerprint density at radius 3 is 2.30 bits per heavy atom. The second-order valence-electron chi connectivity index (χ2n) is 5.98. The van der Waals surface area contributed by atoms with Gasteiger partial charge in [0.1, 0.15) is 0 Å². The predicted molar refractivity (Wildman–Crippen MR) is 90.6 cm³/mol. The maximum absolute atomic E-state index is 12.5. The number of carbonyl (C=O) groups is 1. The zero-order valence-corrected chi connectivity index (χ0v) is 13.8. The zero-order valence-electron chi connectivity index (χ0n) is 13.8. The number of fused-ring (bicyclic) bond motifs is 1. The summed E-state index contributed by atoms with van der Waals surface area (Å²) in [6, 6.07) is 6.97. The van der Waals surface area contributed by atoms with Crippen molar-refractivity contribution in [3.8, 4) is 0 Å². The summed E-state index contributed by atoms with van der Waals surface area (Å²) in [5.41, 5.74) is -0.355. The van der Waals surface area contributed by atoms with Crippen LogP contribution in [0.5, 0.6) is 0 Å². The number of hydrogen-bond donors (Lipinski definition) is 1. The van der Waals surface area contributed by atoms with Gasteiger partial charge in [-0.05, 0) is 38.8 Å². The summed E-state index contributed by atoms with van der Waals surface area (Å²) in [6.45, 7) is 4.26. The van der Waals surface area contributed by atoms with Gasteiger partial charge >= 0.3 is 0 Å². The topological polar surface area (TPSA) is 73.1 Å². The molecule has 0 fully saturated rings. The summed E-state index contributed by atoms with van der Waals surface area (Å²) in [4.78, 5) is 36.4. The molecule has 2 rings (SSSR count). The molecule has 0 atom stereocenters. The fourth-order valence-electron chi connectivity index (χ4n) is 2.61. The molecule has 0 spiro atoms. The van der Waals surface area contributed by atoms with Crippen LogP contribution in [-0.4, -0.2) is 21.3 Å². The van der Waals surface area contributed by atoms with E-state index in [9.17, 15) is 14.4 Å². The maximum atomic E-state index is 12.5. The highest BCUT2D eigenvalue weighted by Gasteiger charge is 2.10. The predicted octanol–water partition coefficient (Wildman–Crippen LogP) is 1.40. The number of nitrogens with one attached hydrogen (secondary N) is 1. The number of hydrogen-bond acceptors (Lipinski definition) is 3. The Labute approximate surface area is 134 Å². The van der Waals surface area contributed by atoms with Gasteiger partial charge in [-0.15, -0.1) is 0 Å². The third kappa shape index (κ3) is 3.88. The number of amides is 1. The molecule has 0 saturated heterocycles. The third-order valence-electron chi connectivity index (χ3n) is 3.75. The number of aromatic nitrogens is 2. The first-order chi connectivity index (χ1) is 10.9. The third-order valence-corrected chi connectivity index (χ3v) is 3.75. The standard InChI is InChI=1S/C17H23N3O3/c1-12(2)18-15(21)10-6-7-11-20-17(23)14-9-5-4-8-13(14)16(22)19(20)3/h4-5,8-9,12H,6-7,10-11H2,1-3H3,(H,18,21). The summed E-state index contributed by atoms with van der Waals surface area (Å²) >= 11 is 0. The second-order valence-corrected chi connectivity index (χ2v) is 5.98. The molecular formula is C17H23N3O3. The van der Waals surface area contributed by atoms with Gasteiger partial charge < -0.3 is 5.32 Å². The van der Waals surface area contributed by atoms with Gasteiger partial charge in [0.25, 0.3) is 11.1 Å². The van der Waals surface area contributed by atoms with Crippen LogP contribution in [0.2, 0.25) is 0 Å². The molecule has 0 aliphatic heterocycles. The van der Waals surface area contributed by atoms with Gasteiger partial charge in [-0.2, -0.15) is 0 Å². The lowest BCUT2D eigenvalue weighted by atomic mass is 10.2. The van der Waals surface area contributed by atoms with Crippen LogP contribution in [0.15, 0.2) is 33.9 Å². The monoisotopic (exact) mass is 317 g/mol. The van der Waals surface area contributed by atoms with Gasteiger partial charge in [0.05, 0.1) is 10.8 Å². The quantitative estimate of drug-likeness (QED) is 0.818. The summed E-state index contributed by atoms with van der Waals surface area (Å²) < 4.78 is 2.81. The normalized spacial score (nSPS) is 11.1. The molecule has 0 unspecified atom stereocenters. The molecular weight excluding hydrogens is 294 g/mol. The summed E-state index contributed by atoms with van der Waals surface area (Å²) in [6.07, 6.45) is 1.76. The molecule has 0 bridgehead atoms. The van der Waals surface area contributed by atoms with E-state index in [0.29, 0.717) is 36.6 Å². The molecule has 1 N–H and O–H groups in total. The number of unbranched alkanes of at least 4 members (excludes halogenated alkanes) is 1. The summed E-state index contributed by atoms with van der Waals surface area (Å²) in [5.74, 6) is 0.0137. The molecule has 0 radical (unpaired) electrons. The molecule has 1 aromatic heterocycles. The molecule has 2 aromatic rings. The van der Waals surface area contributed by atoms with E-state index in [-0.39, 0.29) is 23.1 Å². The van der Waals surface area contributed by atoms with Gasteiger partial charge in [0.15, 0.2) is 0 Å². The van der Waals surface area contributed by atoms with Gasteiger partial charge in [-0.1, -0.05) is 12.1 Å². The molecule has 0 saturated carbocycles. The molecule has 6 heteroatoms. The van der Waals surface area contributed by atoms with Crippen LogP contribution in [0.1, 0.15) is 33.1 Å². The number of nitrogens with zero attached hydrogens (tertiary/aromatic N) is 2. The van der Waals surface area contributed by atoms with E-state index in [1.165, 1.54) is 9.36 Å². The van der Waals surface area contributed by atoms with Gasteiger partial charge in [0.2, 0.25) is 5.91 Å². The van der Waals surface area contributed by atoms with Crippen LogP contribution in [-0.2, 0) is 18.4 Å². The van der Waals surface area contributed by atoms with Crippen molar-refractivity contribution >= 4 is 16.7 Å². The van der Waals surface area contributed by atoms with Crippen molar-refractivity contribution < 1.29 is 4.79 Å². The van der Waals surface area contributed by atoms with Crippen molar-refractivity contribution in [2.75, 3.05) is 0 Å². The van der Waals surface area contributed by atoms with E-state index in [0.717, 1.165) is 0 Å². The minimum Gasteiger partial charge on any atom is -0.354 e. The first-order valence-electron chi connectivity index (χ1n) is 7.90. The van der Waals surface area contributed by atoms with Crippen LogP contribution in [0, 0.1) is 0 Å². The maximum Gasteiger partial charge on any atom is 0.273 e. The van der Waals surface area contributed by atoms with Gasteiger partial charge in [-0.25, -0.2) is 4.68 Å². The lowest BCUT2D eigenvalue weighted by Crippen LogP contribution is -2.37. The van der Waals surface area contributed by atoms with Crippen molar-refractivity contribution in [3.05, 3.63) is 45.0 Å². The fraction of sp³-hybridized carbons (Fsp3) is 0.471. The summed E-state index contributed by atoms with van der Waals surface area (Å²) in [5, 5.41) is 3.71. The Morgan fingerprint density at radius 2 is 1.70 bits per heavy atom. The first kappa shape index (κ1) is 17.0. The summed E-state index contributed by atoms with van der Waals surface area (Å²) in [7, 11) is 1.60. The average molecular weight is 317 g/mol. The molecule has 1 heterocycles. The number of benzene rings is 1. The Bertz CT molecular complexity index is 818. The molecule has 0 aliphatic carbocycles. The van der Waals surface area contributed by atoms with Crippen LogP contribution in [0.25, 0.3) is 10.8 Å².